The van der Waals surface area contributed by atoms with E-state index in [2.05, 4.69) is 10.2 Å². The zero-order chi connectivity index (χ0) is 24.0. The van der Waals surface area contributed by atoms with E-state index >= 15 is 0 Å². The Labute approximate surface area is 196 Å². The molecule has 2 aromatic carbocycles. The molecule has 0 radical (unpaired) electrons. The van der Waals surface area contributed by atoms with E-state index in [9.17, 15) is 10.2 Å². The van der Waals surface area contributed by atoms with Crippen molar-refractivity contribution in [1.29, 1.82) is 0 Å². The summed E-state index contributed by atoms with van der Waals surface area (Å²) in [5.74, 6) is 0.184. The molecule has 1 saturated carbocycles. The van der Waals surface area contributed by atoms with Crippen LogP contribution in [0.1, 0.15) is 28.9 Å². The van der Waals surface area contributed by atoms with E-state index in [1.807, 2.05) is 49.3 Å². The van der Waals surface area contributed by atoms with Gasteiger partial charge in [-0.1, -0.05) is 35.4 Å². The molecule has 1 aromatic heterocycles. The molecular formula is C24H28N4O6. The molecule has 5 rings (SSSR count). The van der Waals surface area contributed by atoms with Crippen LogP contribution >= 0.6 is 0 Å². The lowest BCUT2D eigenvalue weighted by Crippen LogP contribution is -2.43. The highest BCUT2D eigenvalue weighted by Gasteiger charge is 2.68. The molecule has 0 saturated heterocycles. The number of benzene rings is 2. The Hall–Kier alpha value is -3.34. The summed E-state index contributed by atoms with van der Waals surface area (Å²) >= 11 is 0. The van der Waals surface area contributed by atoms with E-state index in [1.54, 1.807) is 12.1 Å². The van der Waals surface area contributed by atoms with E-state index in [0.717, 1.165) is 12.1 Å². The second kappa shape index (κ2) is 8.46. The Bertz CT molecular complexity index is 1170. The number of likely N-dealkylation sites (N-methyl/N-ethyl adjacent to an activating group) is 1. The minimum absolute atomic E-state index is 0.114. The molecule has 180 valence electrons. The first-order valence-corrected chi connectivity index (χ1v) is 11.1. The zero-order valence-electron chi connectivity index (χ0n) is 19.2. The normalized spacial score (nSPS) is 27.4. The summed E-state index contributed by atoms with van der Waals surface area (Å²) in [6, 6.07) is 12.8. The Morgan fingerprint density at radius 2 is 1.91 bits per heavy atom. The molecular weight excluding hydrogens is 440 g/mol. The van der Waals surface area contributed by atoms with Crippen LogP contribution in [-0.4, -0.2) is 71.9 Å². The van der Waals surface area contributed by atoms with Gasteiger partial charge >= 0.3 is 6.01 Å². The van der Waals surface area contributed by atoms with Gasteiger partial charge in [0.15, 0.2) is 5.60 Å². The summed E-state index contributed by atoms with van der Waals surface area (Å²) in [5.41, 5.74) is 5.09. The number of hydrogen-bond donors (Lipinski definition) is 3. The molecule has 0 spiro atoms. The zero-order valence-corrected chi connectivity index (χ0v) is 19.2. The van der Waals surface area contributed by atoms with Crippen LogP contribution in [0.15, 0.2) is 46.9 Å². The molecule has 5 atom stereocenters. The summed E-state index contributed by atoms with van der Waals surface area (Å²) in [4.78, 5) is 2.01. The molecule has 3 unspecified atom stereocenters. The second-order valence-electron chi connectivity index (χ2n) is 8.90. The third-order valence-corrected chi connectivity index (χ3v) is 6.58. The van der Waals surface area contributed by atoms with Crippen molar-refractivity contribution in [1.82, 2.24) is 15.1 Å². The molecule has 10 heteroatoms. The number of nitrogens with zero attached hydrogens (tertiary/aromatic N) is 3. The average molecular weight is 469 g/mol. The quantitative estimate of drug-likeness (QED) is 0.468. The molecule has 10 nitrogen and oxygen atoms in total. The molecule has 0 bridgehead atoms. The first-order valence-electron chi connectivity index (χ1n) is 11.1. The predicted molar refractivity (Wildman–Crippen MR) is 122 cm³/mol. The summed E-state index contributed by atoms with van der Waals surface area (Å²) < 4.78 is 23.3. The molecule has 1 fully saturated rings. The van der Waals surface area contributed by atoms with Gasteiger partial charge in [-0.2, -0.15) is 0 Å². The van der Waals surface area contributed by atoms with Crippen LogP contribution in [0.5, 0.6) is 17.2 Å². The lowest BCUT2D eigenvalue weighted by molar-refractivity contribution is -0.0956. The lowest BCUT2D eigenvalue weighted by atomic mass is 9.86. The van der Waals surface area contributed by atoms with Crippen LogP contribution in [0.4, 0.5) is 6.01 Å². The standard InChI is InChI=1S/C24H28N4O6/c1-28(2)9-10-32-14-11-15(31-3)19-16(12-14)33-21-17(13-7-5-4-6-8-13)18(20(29)24(19,21)30)22-26-27-23(25)34-22/h4-8,11-12,17-18,20-21,29-30H,9-10H2,1-3H3,(H2,25,27)/t17-,18?,20?,21?,24+/m1/s1. The van der Waals surface area contributed by atoms with E-state index in [1.165, 1.54) is 7.11 Å². The van der Waals surface area contributed by atoms with Gasteiger partial charge in [0, 0.05) is 24.6 Å². The Balaban J connectivity index is 1.60. The maximum absolute atomic E-state index is 12.1. The fourth-order valence-electron chi connectivity index (χ4n) is 5.06. The highest BCUT2D eigenvalue weighted by atomic mass is 16.5. The van der Waals surface area contributed by atoms with Gasteiger partial charge in [-0.3, -0.25) is 0 Å². The van der Waals surface area contributed by atoms with Crippen molar-refractivity contribution in [3.05, 3.63) is 59.5 Å². The molecule has 34 heavy (non-hydrogen) atoms. The van der Waals surface area contributed by atoms with Gasteiger partial charge in [-0.05, 0) is 19.7 Å². The molecule has 3 aromatic rings. The van der Waals surface area contributed by atoms with Crippen molar-refractivity contribution in [2.45, 2.75) is 29.6 Å². The highest BCUT2D eigenvalue weighted by molar-refractivity contribution is 5.59. The summed E-state index contributed by atoms with van der Waals surface area (Å²) in [6.07, 6.45) is -2.18. The van der Waals surface area contributed by atoms with E-state index < -0.39 is 29.6 Å². The van der Waals surface area contributed by atoms with Crippen LogP contribution in [0.3, 0.4) is 0 Å². The van der Waals surface area contributed by atoms with E-state index in [-0.39, 0.29) is 11.9 Å². The summed E-state index contributed by atoms with van der Waals surface area (Å²) in [7, 11) is 5.43. The maximum atomic E-state index is 12.1. The smallest absolute Gasteiger partial charge is 0.312 e. The topological polar surface area (TPSA) is 136 Å². The predicted octanol–water partition coefficient (Wildman–Crippen LogP) is 1.49. The second-order valence-corrected chi connectivity index (χ2v) is 8.90. The number of nitrogens with two attached hydrogens (primary N) is 1. The number of rotatable bonds is 7. The third kappa shape index (κ3) is 3.46. The number of ether oxygens (including phenoxy) is 3. The largest absolute Gasteiger partial charge is 0.496 e. The summed E-state index contributed by atoms with van der Waals surface area (Å²) in [6.45, 7) is 1.20. The Morgan fingerprint density at radius 3 is 2.56 bits per heavy atom. The number of aromatic nitrogens is 2. The van der Waals surface area contributed by atoms with E-state index in [4.69, 9.17) is 24.4 Å². The highest BCUT2D eigenvalue weighted by Crippen LogP contribution is 2.62. The van der Waals surface area contributed by atoms with Crippen molar-refractivity contribution in [2.24, 2.45) is 0 Å². The van der Waals surface area contributed by atoms with Gasteiger partial charge in [0.2, 0.25) is 5.89 Å². The SMILES string of the molecule is COc1cc(OCCN(C)C)cc2c1[C@]1(O)C(O)C(c3nnc(N)o3)[C@@H](c3ccccc3)C1O2. The van der Waals surface area contributed by atoms with Gasteiger partial charge in [0.1, 0.15) is 36.1 Å². The monoisotopic (exact) mass is 468 g/mol. The molecule has 2 aliphatic rings. The maximum Gasteiger partial charge on any atom is 0.312 e. The van der Waals surface area contributed by atoms with Crippen LogP contribution in [0.2, 0.25) is 0 Å². The molecule has 4 N–H and O–H groups in total. The van der Waals surface area contributed by atoms with Crippen LogP contribution < -0.4 is 19.9 Å². The Kier molecular flexibility index (Phi) is 5.59. The molecule has 1 aliphatic heterocycles. The van der Waals surface area contributed by atoms with Gasteiger partial charge in [-0.25, -0.2) is 0 Å². The fraction of sp³-hybridized carbons (Fsp3) is 0.417. The van der Waals surface area contributed by atoms with Crippen LogP contribution in [0.25, 0.3) is 0 Å². The molecule has 1 aliphatic carbocycles. The van der Waals surface area contributed by atoms with Crippen molar-refractivity contribution < 1.29 is 28.8 Å². The van der Waals surface area contributed by atoms with Crippen LogP contribution in [0, 0.1) is 0 Å². The minimum Gasteiger partial charge on any atom is -0.496 e. The third-order valence-electron chi connectivity index (χ3n) is 6.58. The number of nitrogen functional groups attached to an aromatic ring is 1. The number of aliphatic hydroxyl groups is 2. The minimum atomic E-state index is -1.79. The lowest BCUT2D eigenvalue weighted by Gasteiger charge is -2.27. The first-order chi connectivity index (χ1) is 16.3. The molecule has 2 heterocycles. The van der Waals surface area contributed by atoms with Crippen LogP contribution in [-0.2, 0) is 5.60 Å². The van der Waals surface area contributed by atoms with Gasteiger partial charge < -0.3 is 39.5 Å². The van der Waals surface area contributed by atoms with E-state index in [0.29, 0.717) is 29.4 Å². The average Bonchev–Trinajstić information content (AvgIpc) is 3.43. The fourth-order valence-corrected chi connectivity index (χ4v) is 5.06. The number of methoxy groups -OCH3 is 1. The number of aliphatic hydroxyl groups excluding tert-OH is 1. The number of fused-ring (bicyclic) bond motifs is 3. The van der Waals surface area contributed by atoms with Crippen molar-refractivity contribution in [3.8, 4) is 17.2 Å². The first kappa shape index (κ1) is 22.5. The summed E-state index contributed by atoms with van der Waals surface area (Å²) in [5, 5.41) is 31.4. The van der Waals surface area contributed by atoms with Crippen molar-refractivity contribution in [2.75, 3.05) is 40.1 Å². The van der Waals surface area contributed by atoms with Crippen molar-refractivity contribution in [3.63, 3.8) is 0 Å². The number of anilines is 1. The molecule has 0 amide bonds. The van der Waals surface area contributed by atoms with Gasteiger partial charge in [-0.15, -0.1) is 5.10 Å². The van der Waals surface area contributed by atoms with Gasteiger partial charge in [0.05, 0.1) is 18.6 Å². The number of hydrogen-bond acceptors (Lipinski definition) is 10. The van der Waals surface area contributed by atoms with Gasteiger partial charge in [0.25, 0.3) is 0 Å². The van der Waals surface area contributed by atoms with Crippen molar-refractivity contribution >= 4 is 6.01 Å². The Morgan fingerprint density at radius 1 is 1.15 bits per heavy atom.